The first-order chi connectivity index (χ1) is 14.7. The smallest absolute Gasteiger partial charge is 0.294 e. The van der Waals surface area contributed by atoms with Crippen molar-refractivity contribution in [1.29, 1.82) is 0 Å². The van der Waals surface area contributed by atoms with Crippen molar-refractivity contribution in [2.75, 3.05) is 26.1 Å². The molecule has 3 rings (SSSR count). The van der Waals surface area contributed by atoms with Crippen LogP contribution in [0.15, 0.2) is 35.2 Å². The van der Waals surface area contributed by atoms with E-state index in [9.17, 15) is 14.4 Å². The van der Waals surface area contributed by atoms with Crippen LogP contribution in [-0.2, 0) is 9.59 Å². The molecule has 0 aromatic heterocycles. The third kappa shape index (κ3) is 5.15. The van der Waals surface area contributed by atoms with Gasteiger partial charge in [0.25, 0.3) is 11.1 Å². The number of hydrogen-bond donors (Lipinski definition) is 1. The minimum absolute atomic E-state index is 0.166. The molecule has 0 unspecified atom stereocenters. The van der Waals surface area contributed by atoms with Gasteiger partial charge in [-0.25, -0.2) is 0 Å². The van der Waals surface area contributed by atoms with Crippen LogP contribution in [0.1, 0.15) is 11.1 Å². The Balaban J connectivity index is 1.75. The van der Waals surface area contributed by atoms with Crippen molar-refractivity contribution in [2.45, 2.75) is 6.92 Å². The predicted molar refractivity (Wildman–Crippen MR) is 122 cm³/mol. The quantitative estimate of drug-likeness (QED) is 0.585. The molecular formula is C21H18Cl2N2O5S. The molecule has 0 aliphatic carbocycles. The molecule has 0 bridgehead atoms. The zero-order valence-electron chi connectivity index (χ0n) is 16.8. The first-order valence-corrected chi connectivity index (χ1v) is 10.5. The highest BCUT2D eigenvalue weighted by atomic mass is 35.5. The normalized spacial score (nSPS) is 14.9. The Kier molecular flexibility index (Phi) is 7.15. The minimum atomic E-state index is -0.571. The molecule has 1 fully saturated rings. The van der Waals surface area contributed by atoms with Crippen molar-refractivity contribution in [3.63, 3.8) is 0 Å². The molecule has 0 spiro atoms. The SMILES string of the molecule is COc1cc(/C=C2\SC(=O)N(CC(=O)Nc3ccc(C)c(Cl)c3)C2=O)cc(Cl)c1OC. The largest absolute Gasteiger partial charge is 0.493 e. The third-order valence-corrected chi connectivity index (χ3v) is 5.98. The van der Waals surface area contributed by atoms with E-state index < -0.39 is 23.6 Å². The van der Waals surface area contributed by atoms with Gasteiger partial charge in [-0.2, -0.15) is 0 Å². The number of carbonyl (C=O) groups is 3. The number of anilines is 1. The molecule has 10 heteroatoms. The molecule has 2 aromatic rings. The summed E-state index contributed by atoms with van der Waals surface area (Å²) in [5.74, 6) is -0.338. The highest BCUT2D eigenvalue weighted by Gasteiger charge is 2.36. The molecule has 1 aliphatic heterocycles. The lowest BCUT2D eigenvalue weighted by molar-refractivity contribution is -0.127. The fourth-order valence-electron chi connectivity index (χ4n) is 2.82. The molecule has 0 radical (unpaired) electrons. The highest BCUT2D eigenvalue weighted by molar-refractivity contribution is 8.18. The van der Waals surface area contributed by atoms with Crippen LogP contribution in [0.2, 0.25) is 10.0 Å². The molecule has 2 aromatic carbocycles. The number of carbonyl (C=O) groups excluding carboxylic acids is 3. The van der Waals surface area contributed by atoms with Crippen LogP contribution in [0.4, 0.5) is 10.5 Å². The number of ether oxygens (including phenoxy) is 2. The first kappa shape index (κ1) is 23.0. The summed E-state index contributed by atoms with van der Waals surface area (Å²) < 4.78 is 10.4. The van der Waals surface area contributed by atoms with Gasteiger partial charge in [0.2, 0.25) is 5.91 Å². The maximum atomic E-state index is 12.7. The molecule has 0 atom stereocenters. The lowest BCUT2D eigenvalue weighted by atomic mass is 10.2. The molecule has 0 saturated carbocycles. The van der Waals surface area contributed by atoms with Gasteiger partial charge in [0.15, 0.2) is 11.5 Å². The number of nitrogens with zero attached hydrogens (tertiary/aromatic N) is 1. The Hall–Kier alpha value is -2.68. The predicted octanol–water partition coefficient (Wildman–Crippen LogP) is 4.99. The summed E-state index contributed by atoms with van der Waals surface area (Å²) in [6.45, 7) is 1.42. The second kappa shape index (κ2) is 9.64. The second-order valence-electron chi connectivity index (χ2n) is 6.52. The molecule has 1 aliphatic rings. The topological polar surface area (TPSA) is 84.9 Å². The van der Waals surface area contributed by atoms with Crippen LogP contribution >= 0.6 is 35.0 Å². The molecule has 162 valence electrons. The van der Waals surface area contributed by atoms with Crippen molar-refractivity contribution in [3.05, 3.63) is 56.4 Å². The highest BCUT2D eigenvalue weighted by Crippen LogP contribution is 2.38. The van der Waals surface area contributed by atoms with Gasteiger partial charge >= 0.3 is 0 Å². The molecule has 3 amide bonds. The van der Waals surface area contributed by atoms with Gasteiger partial charge in [0.1, 0.15) is 6.54 Å². The molecule has 7 nitrogen and oxygen atoms in total. The van der Waals surface area contributed by atoms with Crippen molar-refractivity contribution < 1.29 is 23.9 Å². The van der Waals surface area contributed by atoms with E-state index in [4.69, 9.17) is 32.7 Å². The van der Waals surface area contributed by atoms with E-state index in [0.29, 0.717) is 32.8 Å². The summed E-state index contributed by atoms with van der Waals surface area (Å²) in [5.41, 5.74) is 1.89. The number of rotatable bonds is 6. The number of imide groups is 1. The van der Waals surface area contributed by atoms with E-state index in [0.717, 1.165) is 22.2 Å². The Morgan fingerprint density at radius 3 is 2.52 bits per heavy atom. The number of thioether (sulfide) groups is 1. The maximum Gasteiger partial charge on any atom is 0.294 e. The summed E-state index contributed by atoms with van der Waals surface area (Å²) >= 11 is 13.0. The van der Waals surface area contributed by atoms with Crippen molar-refractivity contribution in [3.8, 4) is 11.5 Å². The number of nitrogens with one attached hydrogen (secondary N) is 1. The van der Waals surface area contributed by atoms with Gasteiger partial charge in [-0.05, 0) is 60.2 Å². The second-order valence-corrected chi connectivity index (χ2v) is 8.33. The van der Waals surface area contributed by atoms with Crippen LogP contribution in [-0.4, -0.2) is 42.7 Å². The first-order valence-electron chi connectivity index (χ1n) is 8.96. The van der Waals surface area contributed by atoms with Crippen LogP contribution in [0, 0.1) is 6.92 Å². The molecule has 31 heavy (non-hydrogen) atoms. The number of amides is 3. The molecule has 1 heterocycles. The fraction of sp³-hybridized carbons (Fsp3) is 0.190. The third-order valence-electron chi connectivity index (χ3n) is 4.38. The van der Waals surface area contributed by atoms with E-state index in [-0.39, 0.29) is 4.91 Å². The van der Waals surface area contributed by atoms with E-state index in [1.807, 2.05) is 6.92 Å². The monoisotopic (exact) mass is 480 g/mol. The standard InChI is InChI=1S/C21H18Cl2N2O5S/c1-11-4-5-13(9-14(11)22)24-18(26)10-25-20(27)17(31-21(25)28)8-12-6-15(23)19(30-3)16(7-12)29-2/h4-9H,10H2,1-3H3,(H,24,26)/b17-8-. The summed E-state index contributed by atoms with van der Waals surface area (Å²) in [6.07, 6.45) is 1.51. The van der Waals surface area contributed by atoms with Gasteiger partial charge < -0.3 is 14.8 Å². The van der Waals surface area contributed by atoms with Gasteiger partial charge in [0, 0.05) is 10.7 Å². The Labute approximate surface area is 193 Å². The Morgan fingerprint density at radius 1 is 1.13 bits per heavy atom. The molecule has 1 saturated heterocycles. The Morgan fingerprint density at radius 2 is 1.87 bits per heavy atom. The number of hydrogen-bond acceptors (Lipinski definition) is 6. The van der Waals surface area contributed by atoms with Crippen molar-refractivity contribution in [2.24, 2.45) is 0 Å². The van der Waals surface area contributed by atoms with E-state index >= 15 is 0 Å². The summed E-state index contributed by atoms with van der Waals surface area (Å²) in [6, 6.07) is 8.27. The molecular weight excluding hydrogens is 463 g/mol. The van der Waals surface area contributed by atoms with Crippen molar-refractivity contribution >= 4 is 63.8 Å². The van der Waals surface area contributed by atoms with Crippen LogP contribution < -0.4 is 14.8 Å². The van der Waals surface area contributed by atoms with Gasteiger partial charge in [0.05, 0.1) is 24.1 Å². The van der Waals surface area contributed by atoms with Gasteiger partial charge in [-0.3, -0.25) is 19.3 Å². The fourth-order valence-corrected chi connectivity index (χ4v) is 4.14. The van der Waals surface area contributed by atoms with E-state index in [1.165, 1.54) is 20.3 Å². The van der Waals surface area contributed by atoms with Crippen LogP contribution in [0.25, 0.3) is 6.08 Å². The summed E-state index contributed by atoms with van der Waals surface area (Å²) in [5, 5.41) is 2.89. The maximum absolute atomic E-state index is 12.7. The average molecular weight is 481 g/mol. The zero-order valence-corrected chi connectivity index (χ0v) is 19.2. The van der Waals surface area contributed by atoms with Crippen LogP contribution in [0.3, 0.4) is 0 Å². The summed E-state index contributed by atoms with van der Waals surface area (Å²) in [4.78, 5) is 38.4. The Bertz CT molecular complexity index is 1100. The van der Waals surface area contributed by atoms with Gasteiger partial charge in [-0.15, -0.1) is 0 Å². The lowest BCUT2D eigenvalue weighted by Crippen LogP contribution is -2.36. The van der Waals surface area contributed by atoms with Crippen LogP contribution in [0.5, 0.6) is 11.5 Å². The average Bonchev–Trinajstić information content (AvgIpc) is 2.97. The van der Waals surface area contributed by atoms with E-state index in [1.54, 1.807) is 30.3 Å². The van der Waals surface area contributed by atoms with E-state index in [2.05, 4.69) is 5.32 Å². The summed E-state index contributed by atoms with van der Waals surface area (Å²) in [7, 11) is 2.93. The minimum Gasteiger partial charge on any atom is -0.493 e. The number of aryl methyl sites for hydroxylation is 1. The van der Waals surface area contributed by atoms with Gasteiger partial charge in [-0.1, -0.05) is 29.3 Å². The number of methoxy groups -OCH3 is 2. The molecule has 1 N–H and O–H groups in total. The number of halogens is 2. The zero-order chi connectivity index (χ0) is 22.7. The number of benzene rings is 2. The lowest BCUT2D eigenvalue weighted by Gasteiger charge is -2.13. The van der Waals surface area contributed by atoms with Crippen molar-refractivity contribution in [1.82, 2.24) is 4.90 Å².